The van der Waals surface area contributed by atoms with Crippen LogP contribution in [0.25, 0.3) is 11.1 Å². The third kappa shape index (κ3) is 2.37. The van der Waals surface area contributed by atoms with Crippen LogP contribution in [0.3, 0.4) is 0 Å². The lowest BCUT2D eigenvalue weighted by Crippen LogP contribution is -1.88. The zero-order valence-electron chi connectivity index (χ0n) is 8.33. The van der Waals surface area contributed by atoms with E-state index >= 15 is 0 Å². The fourth-order valence-corrected chi connectivity index (χ4v) is 1.99. The number of benzene rings is 2. The van der Waals surface area contributed by atoms with Crippen molar-refractivity contribution >= 4 is 23.2 Å². The summed E-state index contributed by atoms with van der Waals surface area (Å²) < 4.78 is 13.1. The lowest BCUT2D eigenvalue weighted by atomic mass is 10.0. The van der Waals surface area contributed by atoms with Gasteiger partial charge in [-0.05, 0) is 28.8 Å². The van der Waals surface area contributed by atoms with Gasteiger partial charge in [-0.1, -0.05) is 36.4 Å². The van der Waals surface area contributed by atoms with Gasteiger partial charge < -0.3 is 0 Å². The molecule has 0 N–H and O–H groups in total. The SMILES string of the molecule is Fc1cccc(-c2ccccc2C(Cl)Cl)c1. The third-order valence-electron chi connectivity index (χ3n) is 2.33. The Hall–Kier alpha value is -1.05. The highest BCUT2D eigenvalue weighted by atomic mass is 35.5. The van der Waals surface area contributed by atoms with Crippen LogP contribution >= 0.6 is 23.2 Å². The summed E-state index contributed by atoms with van der Waals surface area (Å²) in [6.07, 6.45) is 0. The predicted molar refractivity (Wildman–Crippen MR) is 66.3 cm³/mol. The van der Waals surface area contributed by atoms with Gasteiger partial charge in [0.15, 0.2) is 0 Å². The van der Waals surface area contributed by atoms with Crippen LogP contribution in [0, 0.1) is 5.82 Å². The number of rotatable bonds is 2. The largest absolute Gasteiger partial charge is 0.207 e. The van der Waals surface area contributed by atoms with Gasteiger partial charge in [-0.15, -0.1) is 23.2 Å². The van der Waals surface area contributed by atoms with Crippen molar-refractivity contribution in [3.05, 3.63) is 59.9 Å². The van der Waals surface area contributed by atoms with Crippen molar-refractivity contribution in [2.45, 2.75) is 4.84 Å². The minimum Gasteiger partial charge on any atom is -0.207 e. The second-order valence-corrected chi connectivity index (χ2v) is 4.49. The second kappa shape index (κ2) is 4.86. The third-order valence-corrected chi connectivity index (χ3v) is 2.80. The van der Waals surface area contributed by atoms with E-state index in [-0.39, 0.29) is 5.82 Å². The fraction of sp³-hybridized carbons (Fsp3) is 0.0769. The molecule has 2 aromatic rings. The Balaban J connectivity index is 2.55. The van der Waals surface area contributed by atoms with E-state index in [2.05, 4.69) is 0 Å². The van der Waals surface area contributed by atoms with Crippen LogP contribution in [0.4, 0.5) is 4.39 Å². The maximum atomic E-state index is 13.1. The monoisotopic (exact) mass is 254 g/mol. The predicted octanol–water partition coefficient (Wildman–Crippen LogP) is 4.97. The van der Waals surface area contributed by atoms with E-state index in [0.717, 1.165) is 16.7 Å². The first-order valence-electron chi connectivity index (χ1n) is 4.81. The molecule has 0 radical (unpaired) electrons. The Morgan fingerprint density at radius 3 is 2.38 bits per heavy atom. The van der Waals surface area contributed by atoms with Gasteiger partial charge in [-0.25, -0.2) is 4.39 Å². The Morgan fingerprint density at radius 2 is 1.69 bits per heavy atom. The molecule has 0 amide bonds. The highest BCUT2D eigenvalue weighted by Crippen LogP contribution is 2.33. The number of hydrogen-bond acceptors (Lipinski definition) is 0. The van der Waals surface area contributed by atoms with Gasteiger partial charge >= 0.3 is 0 Å². The van der Waals surface area contributed by atoms with Crippen LogP contribution in [0.5, 0.6) is 0 Å². The van der Waals surface area contributed by atoms with E-state index in [1.807, 2.05) is 30.3 Å². The molecule has 3 heteroatoms. The van der Waals surface area contributed by atoms with Crippen molar-refractivity contribution in [2.24, 2.45) is 0 Å². The van der Waals surface area contributed by atoms with Gasteiger partial charge in [0.1, 0.15) is 10.7 Å². The molecule has 0 fully saturated rings. The van der Waals surface area contributed by atoms with Crippen LogP contribution in [0.2, 0.25) is 0 Å². The minimum atomic E-state index is -0.612. The molecule has 0 nitrogen and oxygen atoms in total. The Morgan fingerprint density at radius 1 is 0.938 bits per heavy atom. The molecule has 0 aliphatic rings. The van der Waals surface area contributed by atoms with E-state index in [1.54, 1.807) is 6.07 Å². The first kappa shape index (κ1) is 11.4. The Kier molecular flexibility index (Phi) is 3.47. The van der Waals surface area contributed by atoms with Crippen molar-refractivity contribution < 1.29 is 4.39 Å². The van der Waals surface area contributed by atoms with Crippen molar-refractivity contribution in [3.8, 4) is 11.1 Å². The average molecular weight is 255 g/mol. The summed E-state index contributed by atoms with van der Waals surface area (Å²) in [6, 6.07) is 13.8. The van der Waals surface area contributed by atoms with E-state index in [9.17, 15) is 4.39 Å². The number of halogens is 3. The van der Waals surface area contributed by atoms with E-state index < -0.39 is 4.84 Å². The molecular formula is C13H9Cl2F. The summed E-state index contributed by atoms with van der Waals surface area (Å²) in [5.41, 5.74) is 2.43. The maximum absolute atomic E-state index is 13.1. The van der Waals surface area contributed by atoms with Gasteiger partial charge in [0.2, 0.25) is 0 Å². The van der Waals surface area contributed by atoms with Crippen molar-refractivity contribution in [1.29, 1.82) is 0 Å². The summed E-state index contributed by atoms with van der Waals surface area (Å²) in [7, 11) is 0. The molecule has 0 heterocycles. The standard InChI is InChI=1S/C13H9Cl2F/c14-13(15)12-7-2-1-6-11(12)9-4-3-5-10(16)8-9/h1-8,13H. The Labute approximate surface area is 104 Å². The van der Waals surface area contributed by atoms with Crippen LogP contribution in [-0.4, -0.2) is 0 Å². The highest BCUT2D eigenvalue weighted by Gasteiger charge is 2.10. The molecule has 2 rings (SSSR count). The van der Waals surface area contributed by atoms with Gasteiger partial charge in [0, 0.05) is 0 Å². The number of alkyl halides is 2. The molecule has 0 bridgehead atoms. The number of hydrogen-bond donors (Lipinski definition) is 0. The molecule has 16 heavy (non-hydrogen) atoms. The van der Waals surface area contributed by atoms with Gasteiger partial charge in [-0.2, -0.15) is 0 Å². The molecule has 82 valence electrons. The summed E-state index contributed by atoms with van der Waals surface area (Å²) in [5.74, 6) is -0.270. The maximum Gasteiger partial charge on any atom is 0.133 e. The van der Waals surface area contributed by atoms with E-state index in [0.29, 0.717) is 0 Å². The first-order chi connectivity index (χ1) is 7.68. The highest BCUT2D eigenvalue weighted by molar-refractivity contribution is 6.44. The molecule has 0 saturated carbocycles. The van der Waals surface area contributed by atoms with Crippen LogP contribution in [0.15, 0.2) is 48.5 Å². The van der Waals surface area contributed by atoms with Crippen molar-refractivity contribution in [3.63, 3.8) is 0 Å². The van der Waals surface area contributed by atoms with Crippen LogP contribution in [0.1, 0.15) is 10.4 Å². The van der Waals surface area contributed by atoms with Gasteiger partial charge in [0.25, 0.3) is 0 Å². The molecular weight excluding hydrogens is 246 g/mol. The molecule has 0 aromatic heterocycles. The van der Waals surface area contributed by atoms with Crippen LogP contribution < -0.4 is 0 Å². The smallest absolute Gasteiger partial charge is 0.133 e. The lowest BCUT2D eigenvalue weighted by molar-refractivity contribution is 0.628. The summed E-state index contributed by atoms with van der Waals surface area (Å²) in [4.78, 5) is -0.612. The minimum absolute atomic E-state index is 0.270. The molecule has 0 spiro atoms. The molecule has 0 aliphatic heterocycles. The van der Waals surface area contributed by atoms with Crippen molar-refractivity contribution in [1.82, 2.24) is 0 Å². The molecule has 0 aliphatic carbocycles. The lowest BCUT2D eigenvalue weighted by Gasteiger charge is -2.10. The average Bonchev–Trinajstić information content (AvgIpc) is 2.29. The van der Waals surface area contributed by atoms with Crippen molar-refractivity contribution in [2.75, 3.05) is 0 Å². The van der Waals surface area contributed by atoms with E-state index in [4.69, 9.17) is 23.2 Å². The fourth-order valence-electron chi connectivity index (χ4n) is 1.61. The molecule has 0 saturated heterocycles. The normalized spacial score (nSPS) is 10.8. The molecule has 2 aromatic carbocycles. The molecule has 0 atom stereocenters. The zero-order chi connectivity index (χ0) is 11.5. The second-order valence-electron chi connectivity index (χ2n) is 3.40. The van der Waals surface area contributed by atoms with Crippen LogP contribution in [-0.2, 0) is 0 Å². The summed E-state index contributed by atoms with van der Waals surface area (Å²) in [5, 5.41) is 0. The first-order valence-corrected chi connectivity index (χ1v) is 5.69. The zero-order valence-corrected chi connectivity index (χ0v) is 9.84. The Bertz CT molecular complexity index is 495. The topological polar surface area (TPSA) is 0 Å². The quantitative estimate of drug-likeness (QED) is 0.664. The summed E-state index contributed by atoms with van der Waals surface area (Å²) >= 11 is 11.7. The van der Waals surface area contributed by atoms with E-state index in [1.165, 1.54) is 12.1 Å². The summed E-state index contributed by atoms with van der Waals surface area (Å²) in [6.45, 7) is 0. The van der Waals surface area contributed by atoms with Gasteiger partial charge in [-0.3, -0.25) is 0 Å². The van der Waals surface area contributed by atoms with Gasteiger partial charge in [0.05, 0.1) is 0 Å². The molecule has 0 unspecified atom stereocenters.